The molecular weight excluding hydrogens is 238 g/mol. The molecule has 19 heavy (non-hydrogen) atoms. The van der Waals surface area contributed by atoms with Crippen LogP contribution in [0.5, 0.6) is 11.5 Å². The molecule has 2 rings (SSSR count). The molecule has 0 atom stereocenters. The van der Waals surface area contributed by atoms with Crippen LogP contribution in [0.4, 0.5) is 0 Å². The zero-order chi connectivity index (χ0) is 13.7. The van der Waals surface area contributed by atoms with Crippen molar-refractivity contribution in [2.75, 3.05) is 14.2 Å². The number of nitrogens with zero attached hydrogens (tertiary/aromatic N) is 1. The van der Waals surface area contributed by atoms with Crippen LogP contribution in [0.3, 0.4) is 0 Å². The number of aromatic nitrogens is 1. The lowest BCUT2D eigenvalue weighted by molar-refractivity contribution is -0.671. The van der Waals surface area contributed by atoms with Crippen molar-refractivity contribution in [3.05, 3.63) is 53.9 Å². The van der Waals surface area contributed by atoms with Crippen molar-refractivity contribution < 1.29 is 14.0 Å². The molecule has 1 aromatic carbocycles. The molecule has 2 aromatic rings. The summed E-state index contributed by atoms with van der Waals surface area (Å²) < 4.78 is 12.5. The van der Waals surface area contributed by atoms with E-state index in [0.717, 1.165) is 22.6 Å². The Bertz CT molecular complexity index is 591. The topological polar surface area (TPSA) is 22.3 Å². The summed E-state index contributed by atoms with van der Waals surface area (Å²) in [6, 6.07) is 9.95. The van der Waals surface area contributed by atoms with Crippen LogP contribution in [-0.2, 0) is 7.05 Å². The quantitative estimate of drug-likeness (QED) is 0.785. The molecule has 0 radical (unpaired) electrons. The van der Waals surface area contributed by atoms with Gasteiger partial charge in [-0.15, -0.1) is 0 Å². The van der Waals surface area contributed by atoms with Crippen molar-refractivity contribution in [2.24, 2.45) is 7.05 Å². The van der Waals surface area contributed by atoms with E-state index in [1.807, 2.05) is 42.1 Å². The number of ether oxygens (including phenoxy) is 2. The first-order valence-corrected chi connectivity index (χ1v) is 6.08. The van der Waals surface area contributed by atoms with Crippen molar-refractivity contribution in [3.63, 3.8) is 0 Å². The van der Waals surface area contributed by atoms with Gasteiger partial charge in [-0.25, -0.2) is 4.57 Å². The lowest BCUT2D eigenvalue weighted by Crippen LogP contribution is -2.26. The van der Waals surface area contributed by atoms with Crippen molar-refractivity contribution in [1.29, 1.82) is 0 Å². The van der Waals surface area contributed by atoms with E-state index in [1.54, 1.807) is 14.2 Å². The maximum Gasteiger partial charge on any atom is 0.175 e. The smallest absolute Gasteiger partial charge is 0.175 e. The summed E-state index contributed by atoms with van der Waals surface area (Å²) in [5.74, 6) is 1.48. The predicted octanol–water partition coefficient (Wildman–Crippen LogP) is 2.70. The first kappa shape index (κ1) is 13.1. The van der Waals surface area contributed by atoms with Gasteiger partial charge in [0.15, 0.2) is 23.9 Å². The zero-order valence-corrected chi connectivity index (χ0v) is 11.5. The maximum absolute atomic E-state index is 5.29. The molecule has 98 valence electrons. The zero-order valence-electron chi connectivity index (χ0n) is 11.5. The Balaban J connectivity index is 2.23. The summed E-state index contributed by atoms with van der Waals surface area (Å²) in [6.07, 6.45) is 8.20. The van der Waals surface area contributed by atoms with E-state index in [0.29, 0.717) is 0 Å². The van der Waals surface area contributed by atoms with Gasteiger partial charge in [-0.3, -0.25) is 0 Å². The van der Waals surface area contributed by atoms with E-state index in [4.69, 9.17) is 9.47 Å². The third-order valence-corrected chi connectivity index (χ3v) is 2.84. The van der Waals surface area contributed by atoms with Crippen LogP contribution in [0.15, 0.2) is 42.7 Å². The Morgan fingerprint density at radius 2 is 1.68 bits per heavy atom. The number of pyridine rings is 1. The van der Waals surface area contributed by atoms with Crippen LogP contribution in [0, 0.1) is 0 Å². The average Bonchev–Trinajstić information content (AvgIpc) is 2.45. The maximum atomic E-state index is 5.29. The Hall–Kier alpha value is -2.29. The number of methoxy groups -OCH3 is 2. The van der Waals surface area contributed by atoms with Crippen molar-refractivity contribution in [1.82, 2.24) is 0 Å². The molecule has 1 aromatic heterocycles. The Labute approximate surface area is 113 Å². The fourth-order valence-electron chi connectivity index (χ4n) is 1.86. The van der Waals surface area contributed by atoms with Crippen LogP contribution in [0.2, 0.25) is 0 Å². The number of hydrogen-bond acceptors (Lipinski definition) is 2. The monoisotopic (exact) mass is 256 g/mol. The molecule has 0 aliphatic rings. The van der Waals surface area contributed by atoms with E-state index in [1.165, 1.54) is 0 Å². The van der Waals surface area contributed by atoms with Gasteiger partial charge < -0.3 is 9.47 Å². The molecule has 3 heteroatoms. The summed E-state index contributed by atoms with van der Waals surface area (Å²) in [4.78, 5) is 0. The Morgan fingerprint density at radius 3 is 2.37 bits per heavy atom. The second-order valence-electron chi connectivity index (χ2n) is 4.25. The second-order valence-corrected chi connectivity index (χ2v) is 4.25. The standard InChI is InChI=1S/C16H18NO2/c1-17-10-4-5-14(12-17)7-6-13-8-9-15(18-2)16(11-13)19-3/h4-12H,1-3H3/q+1/b7-6+. The number of benzene rings is 1. The third kappa shape index (κ3) is 3.35. The molecule has 0 aliphatic heterocycles. The van der Waals surface area contributed by atoms with Crippen LogP contribution < -0.4 is 14.0 Å². The van der Waals surface area contributed by atoms with Gasteiger partial charge in [0.25, 0.3) is 0 Å². The molecule has 0 bridgehead atoms. The van der Waals surface area contributed by atoms with Gasteiger partial charge in [0.05, 0.1) is 14.2 Å². The van der Waals surface area contributed by atoms with Gasteiger partial charge >= 0.3 is 0 Å². The number of aryl methyl sites for hydroxylation is 1. The second kappa shape index (κ2) is 6.05. The molecule has 0 saturated carbocycles. The van der Waals surface area contributed by atoms with Crippen LogP contribution in [0.1, 0.15) is 11.1 Å². The summed E-state index contributed by atoms with van der Waals surface area (Å²) in [6.45, 7) is 0. The lowest BCUT2D eigenvalue weighted by Gasteiger charge is -2.07. The fourth-order valence-corrected chi connectivity index (χ4v) is 1.86. The van der Waals surface area contributed by atoms with Crippen molar-refractivity contribution in [3.8, 4) is 11.5 Å². The number of hydrogen-bond donors (Lipinski definition) is 0. The van der Waals surface area contributed by atoms with Gasteiger partial charge in [-0.1, -0.05) is 12.1 Å². The lowest BCUT2D eigenvalue weighted by atomic mass is 10.1. The van der Waals surface area contributed by atoms with Gasteiger partial charge in [-0.05, 0) is 29.8 Å². The molecule has 0 amide bonds. The van der Waals surface area contributed by atoms with Gasteiger partial charge in [-0.2, -0.15) is 0 Å². The first-order valence-electron chi connectivity index (χ1n) is 6.08. The summed E-state index contributed by atoms with van der Waals surface area (Å²) >= 11 is 0. The molecule has 3 nitrogen and oxygen atoms in total. The highest BCUT2D eigenvalue weighted by atomic mass is 16.5. The highest BCUT2D eigenvalue weighted by molar-refractivity contribution is 5.70. The minimum Gasteiger partial charge on any atom is -0.493 e. The van der Waals surface area contributed by atoms with E-state index >= 15 is 0 Å². The van der Waals surface area contributed by atoms with Crippen molar-refractivity contribution >= 4 is 12.2 Å². The van der Waals surface area contributed by atoms with E-state index in [9.17, 15) is 0 Å². The SMILES string of the molecule is COc1ccc(/C=C/c2ccc[n+](C)c2)cc1OC. The Morgan fingerprint density at radius 1 is 0.947 bits per heavy atom. The van der Waals surface area contributed by atoms with Gasteiger partial charge in [0.1, 0.15) is 7.05 Å². The highest BCUT2D eigenvalue weighted by Gasteiger charge is 2.02. The normalized spacial score (nSPS) is 10.7. The van der Waals surface area contributed by atoms with E-state index in [-0.39, 0.29) is 0 Å². The minimum atomic E-state index is 0.739. The van der Waals surface area contributed by atoms with E-state index < -0.39 is 0 Å². The summed E-state index contributed by atoms with van der Waals surface area (Å²) in [5, 5.41) is 0. The van der Waals surface area contributed by atoms with Gasteiger partial charge in [0, 0.05) is 11.6 Å². The predicted molar refractivity (Wildman–Crippen MR) is 76.1 cm³/mol. The fraction of sp³-hybridized carbons (Fsp3) is 0.188. The molecule has 1 heterocycles. The summed E-state index contributed by atoms with van der Waals surface area (Å²) in [5.41, 5.74) is 2.23. The van der Waals surface area contributed by atoms with Crippen LogP contribution in [0.25, 0.3) is 12.2 Å². The molecule has 0 aliphatic carbocycles. The van der Waals surface area contributed by atoms with Gasteiger partial charge in [0.2, 0.25) is 0 Å². The molecule has 0 spiro atoms. The Kier molecular flexibility index (Phi) is 4.18. The molecular formula is C16H18NO2+. The van der Waals surface area contributed by atoms with Crippen LogP contribution >= 0.6 is 0 Å². The average molecular weight is 256 g/mol. The minimum absolute atomic E-state index is 0.739. The van der Waals surface area contributed by atoms with Crippen molar-refractivity contribution in [2.45, 2.75) is 0 Å². The third-order valence-electron chi connectivity index (χ3n) is 2.84. The first-order chi connectivity index (χ1) is 9.22. The highest BCUT2D eigenvalue weighted by Crippen LogP contribution is 2.28. The largest absolute Gasteiger partial charge is 0.493 e. The molecule has 0 fully saturated rings. The number of rotatable bonds is 4. The molecule has 0 N–H and O–H groups in total. The summed E-state index contributed by atoms with van der Waals surface area (Å²) in [7, 11) is 5.29. The van der Waals surface area contributed by atoms with Crippen LogP contribution in [-0.4, -0.2) is 14.2 Å². The molecule has 0 saturated heterocycles. The molecule has 0 unspecified atom stereocenters. The van der Waals surface area contributed by atoms with E-state index in [2.05, 4.69) is 24.4 Å².